The van der Waals surface area contributed by atoms with E-state index in [2.05, 4.69) is 27.2 Å². The molecule has 0 aliphatic heterocycles. The van der Waals surface area contributed by atoms with Crippen LogP contribution in [-0.4, -0.2) is 28.1 Å². The summed E-state index contributed by atoms with van der Waals surface area (Å²) in [6.07, 6.45) is 7.12. The Balaban J connectivity index is 2.27. The van der Waals surface area contributed by atoms with Crippen LogP contribution in [0.5, 0.6) is 5.75 Å². The number of aromatic nitrogens is 3. The number of imidazole rings is 1. The molecule has 0 aliphatic rings. The fourth-order valence-electron chi connectivity index (χ4n) is 1.85. The monoisotopic (exact) mass is 246 g/mol. The van der Waals surface area contributed by atoms with Gasteiger partial charge >= 0.3 is 0 Å². The van der Waals surface area contributed by atoms with Crippen molar-refractivity contribution in [1.82, 2.24) is 20.3 Å². The van der Waals surface area contributed by atoms with Crippen LogP contribution >= 0.6 is 0 Å². The van der Waals surface area contributed by atoms with E-state index in [1.807, 2.05) is 25.4 Å². The summed E-state index contributed by atoms with van der Waals surface area (Å²) in [6, 6.07) is 2.00. The first-order chi connectivity index (χ1) is 8.85. The largest absolute Gasteiger partial charge is 0.492 e. The molecule has 2 aromatic heterocycles. The smallest absolute Gasteiger partial charge is 0.137 e. The zero-order valence-corrected chi connectivity index (χ0v) is 10.7. The van der Waals surface area contributed by atoms with Crippen LogP contribution in [0.3, 0.4) is 0 Å². The third-order valence-corrected chi connectivity index (χ3v) is 2.58. The molecule has 5 nitrogen and oxygen atoms in total. The van der Waals surface area contributed by atoms with Gasteiger partial charge in [-0.15, -0.1) is 0 Å². The van der Waals surface area contributed by atoms with E-state index in [0.717, 1.165) is 23.7 Å². The van der Waals surface area contributed by atoms with Gasteiger partial charge in [0.15, 0.2) is 0 Å². The van der Waals surface area contributed by atoms with Crippen molar-refractivity contribution >= 4 is 0 Å². The number of nitrogens with one attached hydrogen (secondary N) is 2. The Morgan fingerprint density at radius 3 is 2.94 bits per heavy atom. The molecule has 96 valence electrons. The fraction of sp³-hybridized carbons (Fsp3) is 0.385. The molecule has 2 heterocycles. The zero-order chi connectivity index (χ0) is 12.8. The summed E-state index contributed by atoms with van der Waals surface area (Å²) in [5.74, 6) is 1.66. The molecule has 0 radical (unpaired) electrons. The van der Waals surface area contributed by atoms with Gasteiger partial charge in [-0.25, -0.2) is 4.98 Å². The molecule has 18 heavy (non-hydrogen) atoms. The first kappa shape index (κ1) is 12.6. The second-order valence-electron chi connectivity index (χ2n) is 3.85. The van der Waals surface area contributed by atoms with Crippen LogP contribution in [0, 0.1) is 0 Å². The third kappa shape index (κ3) is 2.87. The SMILES string of the molecule is CCNC(c1cncc(OCC)c1)c1ncc[nH]1. The average molecular weight is 246 g/mol. The van der Waals surface area contributed by atoms with Crippen molar-refractivity contribution in [2.45, 2.75) is 19.9 Å². The fourth-order valence-corrected chi connectivity index (χ4v) is 1.85. The summed E-state index contributed by atoms with van der Waals surface area (Å²) in [6.45, 7) is 5.51. The van der Waals surface area contributed by atoms with Crippen LogP contribution in [0.1, 0.15) is 31.3 Å². The molecule has 0 aliphatic carbocycles. The second kappa shape index (κ2) is 6.16. The molecule has 0 aromatic carbocycles. The lowest BCUT2D eigenvalue weighted by atomic mass is 10.1. The zero-order valence-electron chi connectivity index (χ0n) is 10.7. The number of aromatic amines is 1. The maximum absolute atomic E-state index is 5.47. The van der Waals surface area contributed by atoms with Crippen molar-refractivity contribution < 1.29 is 4.74 Å². The maximum Gasteiger partial charge on any atom is 0.137 e. The number of pyridine rings is 1. The van der Waals surface area contributed by atoms with Crippen molar-refractivity contribution in [2.24, 2.45) is 0 Å². The number of hydrogen-bond donors (Lipinski definition) is 2. The van der Waals surface area contributed by atoms with E-state index in [1.54, 1.807) is 12.4 Å². The first-order valence-electron chi connectivity index (χ1n) is 6.15. The highest BCUT2D eigenvalue weighted by molar-refractivity contribution is 5.29. The van der Waals surface area contributed by atoms with Crippen LogP contribution in [0.15, 0.2) is 30.9 Å². The molecule has 2 aromatic rings. The van der Waals surface area contributed by atoms with Gasteiger partial charge in [0.25, 0.3) is 0 Å². The van der Waals surface area contributed by atoms with E-state index >= 15 is 0 Å². The average Bonchev–Trinajstić information content (AvgIpc) is 2.90. The van der Waals surface area contributed by atoms with E-state index in [-0.39, 0.29) is 6.04 Å². The third-order valence-electron chi connectivity index (χ3n) is 2.58. The van der Waals surface area contributed by atoms with Gasteiger partial charge in [0.1, 0.15) is 11.6 Å². The van der Waals surface area contributed by atoms with Gasteiger partial charge in [-0.3, -0.25) is 4.98 Å². The summed E-state index contributed by atoms with van der Waals surface area (Å²) in [7, 11) is 0. The lowest BCUT2D eigenvalue weighted by molar-refractivity contribution is 0.338. The predicted molar refractivity (Wildman–Crippen MR) is 69.5 cm³/mol. The summed E-state index contributed by atoms with van der Waals surface area (Å²) in [5, 5.41) is 3.38. The highest BCUT2D eigenvalue weighted by atomic mass is 16.5. The topological polar surface area (TPSA) is 62.8 Å². The van der Waals surface area contributed by atoms with Crippen LogP contribution in [0.25, 0.3) is 0 Å². The minimum absolute atomic E-state index is 0.0120. The molecular weight excluding hydrogens is 228 g/mol. The van der Waals surface area contributed by atoms with E-state index in [4.69, 9.17) is 4.74 Å². The molecule has 0 saturated carbocycles. The number of ether oxygens (including phenoxy) is 1. The Labute approximate surface area is 107 Å². The summed E-state index contributed by atoms with van der Waals surface area (Å²) < 4.78 is 5.47. The van der Waals surface area contributed by atoms with Crippen molar-refractivity contribution in [1.29, 1.82) is 0 Å². The maximum atomic E-state index is 5.47. The molecule has 0 bridgehead atoms. The minimum Gasteiger partial charge on any atom is -0.492 e. The first-order valence-corrected chi connectivity index (χ1v) is 6.15. The van der Waals surface area contributed by atoms with Crippen LogP contribution in [-0.2, 0) is 0 Å². The van der Waals surface area contributed by atoms with E-state index in [9.17, 15) is 0 Å². The second-order valence-corrected chi connectivity index (χ2v) is 3.85. The quantitative estimate of drug-likeness (QED) is 0.817. The van der Waals surface area contributed by atoms with Gasteiger partial charge in [0, 0.05) is 18.6 Å². The lowest BCUT2D eigenvalue weighted by Crippen LogP contribution is -2.23. The molecule has 1 atom stereocenters. The van der Waals surface area contributed by atoms with Gasteiger partial charge in [0.2, 0.25) is 0 Å². The van der Waals surface area contributed by atoms with E-state index < -0.39 is 0 Å². The van der Waals surface area contributed by atoms with E-state index in [1.165, 1.54) is 0 Å². The van der Waals surface area contributed by atoms with Crippen molar-refractivity contribution in [3.8, 4) is 5.75 Å². The summed E-state index contributed by atoms with van der Waals surface area (Å²) in [4.78, 5) is 11.6. The number of nitrogens with zero attached hydrogens (tertiary/aromatic N) is 2. The lowest BCUT2D eigenvalue weighted by Gasteiger charge is -2.16. The number of hydrogen-bond acceptors (Lipinski definition) is 4. The summed E-state index contributed by atoms with van der Waals surface area (Å²) >= 11 is 0. The standard InChI is InChI=1S/C13H18N4O/c1-3-15-12(13-16-5-6-17-13)10-7-11(18-4-2)9-14-8-10/h5-9,12,15H,3-4H2,1-2H3,(H,16,17). The molecule has 0 saturated heterocycles. The minimum atomic E-state index is 0.0120. The Morgan fingerprint density at radius 1 is 1.39 bits per heavy atom. The highest BCUT2D eigenvalue weighted by Crippen LogP contribution is 2.21. The normalized spacial score (nSPS) is 12.3. The predicted octanol–water partition coefficient (Wildman–Crippen LogP) is 1.90. The van der Waals surface area contributed by atoms with Gasteiger partial charge in [-0.1, -0.05) is 6.92 Å². The van der Waals surface area contributed by atoms with Crippen molar-refractivity contribution in [2.75, 3.05) is 13.2 Å². The van der Waals surface area contributed by atoms with Gasteiger partial charge in [0.05, 0.1) is 18.8 Å². The van der Waals surface area contributed by atoms with Crippen molar-refractivity contribution in [3.05, 3.63) is 42.2 Å². The molecule has 2 rings (SSSR count). The summed E-state index contributed by atoms with van der Waals surface area (Å²) in [5.41, 5.74) is 1.04. The molecule has 2 N–H and O–H groups in total. The number of H-pyrrole nitrogens is 1. The van der Waals surface area contributed by atoms with Crippen LogP contribution in [0.2, 0.25) is 0 Å². The van der Waals surface area contributed by atoms with Crippen molar-refractivity contribution in [3.63, 3.8) is 0 Å². The molecular formula is C13H18N4O. The molecule has 0 fully saturated rings. The Hall–Kier alpha value is -1.88. The highest BCUT2D eigenvalue weighted by Gasteiger charge is 2.16. The Bertz CT molecular complexity index is 470. The molecule has 5 heteroatoms. The van der Waals surface area contributed by atoms with E-state index in [0.29, 0.717) is 6.61 Å². The molecule has 0 spiro atoms. The number of rotatable bonds is 6. The molecule has 1 unspecified atom stereocenters. The van der Waals surface area contributed by atoms with Gasteiger partial charge < -0.3 is 15.0 Å². The van der Waals surface area contributed by atoms with Crippen LogP contribution in [0.4, 0.5) is 0 Å². The Kier molecular flexibility index (Phi) is 4.30. The molecule has 0 amide bonds. The Morgan fingerprint density at radius 2 is 2.28 bits per heavy atom. The van der Waals surface area contributed by atoms with Gasteiger partial charge in [-0.05, 0) is 25.1 Å². The van der Waals surface area contributed by atoms with Crippen LogP contribution < -0.4 is 10.1 Å². The van der Waals surface area contributed by atoms with Gasteiger partial charge in [-0.2, -0.15) is 0 Å².